The van der Waals surface area contributed by atoms with Gasteiger partial charge in [-0.3, -0.25) is 4.79 Å². The second-order valence-corrected chi connectivity index (χ2v) is 9.09. The van der Waals surface area contributed by atoms with Gasteiger partial charge in [0.25, 0.3) is 0 Å². The minimum atomic E-state index is -4.35. The molecular formula is C21H25F3N2O3. The van der Waals surface area contributed by atoms with E-state index in [2.05, 4.69) is 10.1 Å². The van der Waals surface area contributed by atoms with E-state index in [1.165, 1.54) is 14.0 Å². The molecule has 0 radical (unpaired) electrons. The van der Waals surface area contributed by atoms with Crippen LogP contribution in [0.2, 0.25) is 0 Å². The van der Waals surface area contributed by atoms with Crippen LogP contribution in [-0.2, 0) is 21.1 Å². The van der Waals surface area contributed by atoms with Crippen molar-refractivity contribution < 1.29 is 27.5 Å². The number of hydrogen-bond acceptors (Lipinski definition) is 3. The summed E-state index contributed by atoms with van der Waals surface area (Å²) >= 11 is 0. The number of nitrogens with one attached hydrogen (secondary N) is 1. The second-order valence-electron chi connectivity index (χ2n) is 9.09. The smallest absolute Gasteiger partial charge is 0.416 e. The number of nitrogens with zero attached hydrogens (tertiary/aromatic N) is 1. The summed E-state index contributed by atoms with van der Waals surface area (Å²) in [7, 11) is 1.30. The highest BCUT2D eigenvalue weighted by atomic mass is 19.4. The Morgan fingerprint density at radius 3 is 2.52 bits per heavy atom. The third-order valence-electron chi connectivity index (χ3n) is 6.90. The number of benzene rings is 1. The minimum absolute atomic E-state index is 0.0735. The molecule has 3 fully saturated rings. The van der Waals surface area contributed by atoms with Crippen LogP contribution in [0.1, 0.15) is 42.9 Å². The number of piperidine rings is 1. The monoisotopic (exact) mass is 410 g/mol. The van der Waals surface area contributed by atoms with E-state index in [9.17, 15) is 22.8 Å². The largest absolute Gasteiger partial charge is 0.453 e. The lowest BCUT2D eigenvalue weighted by Gasteiger charge is -2.45. The van der Waals surface area contributed by atoms with E-state index in [0.29, 0.717) is 31.8 Å². The van der Waals surface area contributed by atoms with Crippen molar-refractivity contribution in [2.45, 2.75) is 50.2 Å². The summed E-state index contributed by atoms with van der Waals surface area (Å²) in [6.07, 6.45) is -2.82. The Hall–Kier alpha value is -2.25. The van der Waals surface area contributed by atoms with Crippen molar-refractivity contribution in [3.63, 3.8) is 0 Å². The molecule has 158 valence electrons. The van der Waals surface area contributed by atoms with Crippen LogP contribution < -0.4 is 5.32 Å². The molecule has 2 saturated carbocycles. The minimum Gasteiger partial charge on any atom is -0.453 e. The van der Waals surface area contributed by atoms with Gasteiger partial charge in [0.05, 0.1) is 12.7 Å². The van der Waals surface area contributed by atoms with Crippen molar-refractivity contribution in [3.8, 4) is 0 Å². The molecule has 3 aliphatic rings. The third-order valence-corrected chi connectivity index (χ3v) is 6.90. The van der Waals surface area contributed by atoms with E-state index in [4.69, 9.17) is 0 Å². The van der Waals surface area contributed by atoms with Gasteiger partial charge in [-0.05, 0) is 56.2 Å². The third kappa shape index (κ3) is 3.36. The molecule has 1 aromatic rings. The summed E-state index contributed by atoms with van der Waals surface area (Å²) in [5.41, 5.74) is -0.120. The molecule has 2 amide bonds. The van der Waals surface area contributed by atoms with Gasteiger partial charge in [0, 0.05) is 30.0 Å². The van der Waals surface area contributed by atoms with E-state index in [1.807, 2.05) is 11.8 Å². The fourth-order valence-corrected chi connectivity index (χ4v) is 5.25. The van der Waals surface area contributed by atoms with Crippen molar-refractivity contribution >= 4 is 12.0 Å². The van der Waals surface area contributed by atoms with Crippen LogP contribution in [0.5, 0.6) is 0 Å². The molecule has 1 heterocycles. The van der Waals surface area contributed by atoms with Crippen LogP contribution in [0.15, 0.2) is 18.2 Å². The average molecular weight is 410 g/mol. The standard InChI is InChI=1S/C21H25F3N2O3/c1-12-6-14(4-5-16(12)21(22,23)24)20-9-15(20)10-26(11-20)17(27)13-7-19(2,8-13)25-18(28)29-3/h4-6,13,15H,7-11H2,1-3H3,(H,25,28)/t13-,15?,19+,20?. The van der Waals surface area contributed by atoms with Gasteiger partial charge in [0.2, 0.25) is 5.91 Å². The van der Waals surface area contributed by atoms with Gasteiger partial charge in [-0.25, -0.2) is 4.79 Å². The topological polar surface area (TPSA) is 58.6 Å². The van der Waals surface area contributed by atoms with Crippen LogP contribution in [-0.4, -0.2) is 42.6 Å². The first kappa shape index (κ1) is 20.0. The molecule has 1 aliphatic heterocycles. The molecule has 1 saturated heterocycles. The van der Waals surface area contributed by atoms with Gasteiger partial charge < -0.3 is 15.0 Å². The van der Waals surface area contributed by atoms with Crippen molar-refractivity contribution in [1.29, 1.82) is 0 Å². The van der Waals surface area contributed by atoms with Crippen molar-refractivity contribution in [1.82, 2.24) is 10.2 Å². The second kappa shape index (κ2) is 6.37. The molecule has 29 heavy (non-hydrogen) atoms. The number of methoxy groups -OCH3 is 1. The average Bonchev–Trinajstić information content (AvgIpc) is 3.19. The Kier molecular flexibility index (Phi) is 4.40. The van der Waals surface area contributed by atoms with Crippen LogP contribution in [0.4, 0.5) is 18.0 Å². The fraction of sp³-hybridized carbons (Fsp3) is 0.619. The maximum atomic E-state index is 13.0. The Labute approximate surface area is 167 Å². The number of hydrogen-bond donors (Lipinski definition) is 1. The number of alkyl carbamates (subject to hydrolysis) is 1. The van der Waals surface area contributed by atoms with Gasteiger partial charge in [-0.15, -0.1) is 0 Å². The first-order valence-corrected chi connectivity index (χ1v) is 9.81. The number of halogens is 3. The highest BCUT2D eigenvalue weighted by molar-refractivity contribution is 5.82. The molecule has 2 atom stereocenters. The van der Waals surface area contributed by atoms with E-state index >= 15 is 0 Å². The summed E-state index contributed by atoms with van der Waals surface area (Å²) in [4.78, 5) is 26.2. The highest BCUT2D eigenvalue weighted by Gasteiger charge is 2.62. The number of fused-ring (bicyclic) bond motifs is 1. The first-order valence-electron chi connectivity index (χ1n) is 9.81. The molecule has 2 aliphatic carbocycles. The predicted octanol–water partition coefficient (Wildman–Crippen LogP) is 3.64. The van der Waals surface area contributed by atoms with Crippen molar-refractivity contribution in [2.24, 2.45) is 11.8 Å². The van der Waals surface area contributed by atoms with Crippen LogP contribution >= 0.6 is 0 Å². The van der Waals surface area contributed by atoms with E-state index in [1.54, 1.807) is 12.1 Å². The number of alkyl halides is 3. The highest BCUT2D eigenvalue weighted by Crippen LogP contribution is 2.60. The number of ether oxygens (including phenoxy) is 1. The molecule has 8 heteroatoms. The summed E-state index contributed by atoms with van der Waals surface area (Å²) in [6, 6.07) is 4.37. The molecule has 1 N–H and O–H groups in total. The Balaban J connectivity index is 1.41. The van der Waals surface area contributed by atoms with Gasteiger partial charge in [0.15, 0.2) is 0 Å². The van der Waals surface area contributed by atoms with Crippen LogP contribution in [0.3, 0.4) is 0 Å². The summed E-state index contributed by atoms with van der Waals surface area (Å²) in [6.45, 7) is 4.58. The predicted molar refractivity (Wildman–Crippen MR) is 99.2 cm³/mol. The number of rotatable bonds is 3. The number of carbonyl (C=O) groups excluding carboxylic acids is 2. The van der Waals surface area contributed by atoms with E-state index < -0.39 is 23.4 Å². The normalized spacial score (nSPS) is 33.0. The maximum absolute atomic E-state index is 13.0. The van der Waals surface area contributed by atoms with Gasteiger partial charge >= 0.3 is 12.3 Å². The molecule has 1 aromatic carbocycles. The molecule has 0 aromatic heterocycles. The lowest BCUT2D eigenvalue weighted by atomic mass is 9.69. The molecule has 5 nitrogen and oxygen atoms in total. The summed E-state index contributed by atoms with van der Waals surface area (Å²) in [5, 5.41) is 2.77. The molecule has 0 spiro atoms. The Morgan fingerprint density at radius 2 is 1.93 bits per heavy atom. The molecule has 4 rings (SSSR count). The molecule has 0 bridgehead atoms. The zero-order valence-electron chi connectivity index (χ0n) is 16.7. The number of carbonyl (C=O) groups is 2. The molecule has 2 unspecified atom stereocenters. The van der Waals surface area contributed by atoms with E-state index in [-0.39, 0.29) is 22.8 Å². The zero-order chi connectivity index (χ0) is 21.2. The lowest BCUT2D eigenvalue weighted by molar-refractivity contribution is -0.140. The SMILES string of the molecule is COC(=O)N[C@]1(C)C[C@H](C(=O)N2CC3CC3(c3ccc(C(F)(F)F)c(C)c3)C2)C1. The van der Waals surface area contributed by atoms with Gasteiger partial charge in [-0.1, -0.05) is 12.1 Å². The Bertz CT molecular complexity index is 863. The van der Waals surface area contributed by atoms with Crippen molar-refractivity contribution in [3.05, 3.63) is 34.9 Å². The maximum Gasteiger partial charge on any atom is 0.416 e. The summed E-state index contributed by atoms with van der Waals surface area (Å²) in [5.74, 6) is 0.243. The van der Waals surface area contributed by atoms with Gasteiger partial charge in [0.1, 0.15) is 0 Å². The Morgan fingerprint density at radius 1 is 1.24 bits per heavy atom. The number of amides is 2. The number of aryl methyl sites for hydroxylation is 1. The first-order chi connectivity index (χ1) is 13.5. The zero-order valence-corrected chi connectivity index (χ0v) is 16.7. The van der Waals surface area contributed by atoms with Crippen LogP contribution in [0, 0.1) is 18.8 Å². The number of likely N-dealkylation sites (tertiary alicyclic amines) is 1. The molecular weight excluding hydrogens is 385 g/mol. The fourth-order valence-electron chi connectivity index (χ4n) is 5.25. The van der Waals surface area contributed by atoms with Crippen LogP contribution in [0.25, 0.3) is 0 Å². The van der Waals surface area contributed by atoms with Crippen molar-refractivity contribution in [2.75, 3.05) is 20.2 Å². The van der Waals surface area contributed by atoms with E-state index in [0.717, 1.165) is 18.1 Å². The lowest BCUT2D eigenvalue weighted by Crippen LogP contribution is -2.58. The quantitative estimate of drug-likeness (QED) is 0.828. The summed E-state index contributed by atoms with van der Waals surface area (Å²) < 4.78 is 43.8. The van der Waals surface area contributed by atoms with Gasteiger partial charge in [-0.2, -0.15) is 13.2 Å².